The van der Waals surface area contributed by atoms with E-state index in [1.165, 1.54) is 0 Å². The Balaban J connectivity index is 1.51. The van der Waals surface area contributed by atoms with Gasteiger partial charge in [0.2, 0.25) is 0 Å². The molecule has 4 rings (SSSR count). The highest BCUT2D eigenvalue weighted by Crippen LogP contribution is 2.29. The van der Waals surface area contributed by atoms with E-state index in [-0.39, 0.29) is 0 Å². The largest absolute Gasteiger partial charge is 0.361 e. The molecule has 3 aromatic heterocycles. The van der Waals surface area contributed by atoms with Gasteiger partial charge in [0.05, 0.1) is 5.56 Å². The van der Waals surface area contributed by atoms with E-state index in [4.69, 9.17) is 5.26 Å². The van der Waals surface area contributed by atoms with Crippen LogP contribution >= 0.6 is 0 Å². The number of nitrogens with zero attached hydrogens (tertiary/aromatic N) is 8. The molecule has 0 unspecified atom stereocenters. The zero-order chi connectivity index (χ0) is 18.1. The molecule has 1 aliphatic heterocycles. The summed E-state index contributed by atoms with van der Waals surface area (Å²) in [5.74, 6) is 3.06. The normalized spacial score (nSPS) is 15.2. The summed E-state index contributed by atoms with van der Waals surface area (Å²) in [6.45, 7) is 1.79. The van der Waals surface area contributed by atoms with E-state index in [1.807, 2.05) is 47.8 Å². The Kier molecular flexibility index (Phi) is 4.13. The standard InChI is InChI=1S/C18H20N8/c1-24(2)17-6-5-16-21-22-18(26(16)23-17)14-7-9-25(10-8-14)15-4-3-13(11-19)12-20-15/h3-6,12,14H,7-10H2,1-2H3. The summed E-state index contributed by atoms with van der Waals surface area (Å²) in [6, 6.07) is 9.73. The van der Waals surface area contributed by atoms with Gasteiger partial charge in [-0.25, -0.2) is 4.98 Å². The first kappa shape index (κ1) is 16.3. The molecule has 3 aromatic rings. The molecule has 8 nitrogen and oxygen atoms in total. The lowest BCUT2D eigenvalue weighted by Crippen LogP contribution is -2.34. The van der Waals surface area contributed by atoms with Gasteiger partial charge in [-0.3, -0.25) is 0 Å². The van der Waals surface area contributed by atoms with Crippen LogP contribution in [-0.4, -0.2) is 52.0 Å². The fraction of sp³-hybridized carbons (Fsp3) is 0.389. The van der Waals surface area contributed by atoms with Crippen LogP contribution in [0.4, 0.5) is 11.6 Å². The third kappa shape index (κ3) is 2.92. The van der Waals surface area contributed by atoms with Crippen LogP contribution in [0, 0.1) is 11.3 Å². The maximum Gasteiger partial charge on any atom is 0.178 e. The van der Waals surface area contributed by atoms with Crippen molar-refractivity contribution in [3.63, 3.8) is 0 Å². The fourth-order valence-electron chi connectivity index (χ4n) is 3.29. The highest BCUT2D eigenvalue weighted by molar-refractivity contribution is 5.45. The number of fused-ring (bicyclic) bond motifs is 1. The van der Waals surface area contributed by atoms with E-state index in [9.17, 15) is 0 Å². The number of pyridine rings is 1. The highest BCUT2D eigenvalue weighted by Gasteiger charge is 2.25. The molecule has 4 heterocycles. The Morgan fingerprint density at radius 3 is 2.58 bits per heavy atom. The molecule has 1 aliphatic rings. The van der Waals surface area contributed by atoms with Crippen LogP contribution in [0.3, 0.4) is 0 Å². The van der Waals surface area contributed by atoms with E-state index < -0.39 is 0 Å². The van der Waals surface area contributed by atoms with Crippen molar-refractivity contribution in [3.05, 3.63) is 41.9 Å². The Morgan fingerprint density at radius 2 is 1.92 bits per heavy atom. The van der Waals surface area contributed by atoms with Crippen molar-refractivity contribution >= 4 is 17.3 Å². The molecular formula is C18H20N8. The number of aromatic nitrogens is 5. The monoisotopic (exact) mass is 348 g/mol. The van der Waals surface area contributed by atoms with E-state index in [2.05, 4.69) is 31.2 Å². The number of hydrogen-bond acceptors (Lipinski definition) is 7. The molecule has 8 heteroatoms. The van der Waals surface area contributed by atoms with Gasteiger partial charge >= 0.3 is 0 Å². The second-order valence-electron chi connectivity index (χ2n) is 6.69. The van der Waals surface area contributed by atoms with E-state index in [1.54, 1.807) is 6.20 Å². The molecule has 1 fully saturated rings. The summed E-state index contributed by atoms with van der Waals surface area (Å²) in [4.78, 5) is 8.62. The number of rotatable bonds is 3. The first-order valence-electron chi connectivity index (χ1n) is 8.66. The Hall–Kier alpha value is -3.21. The lowest BCUT2D eigenvalue weighted by atomic mass is 9.96. The molecule has 0 N–H and O–H groups in total. The summed E-state index contributed by atoms with van der Waals surface area (Å²) in [7, 11) is 3.95. The maximum absolute atomic E-state index is 8.89. The smallest absolute Gasteiger partial charge is 0.178 e. The molecule has 0 saturated carbocycles. The summed E-state index contributed by atoms with van der Waals surface area (Å²) in [5.41, 5.74) is 1.36. The van der Waals surface area contributed by atoms with Crippen molar-refractivity contribution in [1.82, 2.24) is 24.8 Å². The molecule has 0 radical (unpaired) electrons. The lowest BCUT2D eigenvalue weighted by Gasteiger charge is -2.31. The fourth-order valence-corrected chi connectivity index (χ4v) is 3.29. The van der Waals surface area contributed by atoms with Crippen molar-refractivity contribution in [2.45, 2.75) is 18.8 Å². The van der Waals surface area contributed by atoms with Gasteiger partial charge in [-0.15, -0.1) is 15.3 Å². The number of anilines is 2. The van der Waals surface area contributed by atoms with Crippen LogP contribution in [0.15, 0.2) is 30.5 Å². The van der Waals surface area contributed by atoms with Crippen LogP contribution in [-0.2, 0) is 0 Å². The van der Waals surface area contributed by atoms with Crippen molar-refractivity contribution < 1.29 is 0 Å². The first-order valence-corrected chi connectivity index (χ1v) is 8.66. The van der Waals surface area contributed by atoms with E-state index in [0.717, 1.165) is 49.0 Å². The van der Waals surface area contributed by atoms with Gasteiger partial charge < -0.3 is 9.80 Å². The summed E-state index contributed by atoms with van der Waals surface area (Å²) >= 11 is 0. The molecule has 0 bridgehead atoms. The topological polar surface area (TPSA) is 86.2 Å². The van der Waals surface area contributed by atoms with Gasteiger partial charge in [-0.1, -0.05) is 0 Å². The Morgan fingerprint density at radius 1 is 1.12 bits per heavy atom. The van der Waals surface area contributed by atoms with Gasteiger partial charge in [-0.05, 0) is 37.1 Å². The average Bonchev–Trinajstić information content (AvgIpc) is 3.11. The van der Waals surface area contributed by atoms with Gasteiger partial charge in [-0.2, -0.15) is 9.78 Å². The average molecular weight is 348 g/mol. The molecule has 0 aromatic carbocycles. The van der Waals surface area contributed by atoms with Crippen molar-refractivity contribution in [3.8, 4) is 6.07 Å². The zero-order valence-corrected chi connectivity index (χ0v) is 14.9. The molecule has 132 valence electrons. The van der Waals surface area contributed by atoms with Crippen LogP contribution in [0.2, 0.25) is 0 Å². The second-order valence-corrected chi connectivity index (χ2v) is 6.69. The van der Waals surface area contributed by atoms with Crippen LogP contribution in [0.25, 0.3) is 5.65 Å². The van der Waals surface area contributed by atoms with E-state index >= 15 is 0 Å². The van der Waals surface area contributed by atoms with Gasteiger partial charge in [0.25, 0.3) is 0 Å². The SMILES string of the molecule is CN(C)c1ccc2nnc(C3CCN(c4ccc(C#N)cn4)CC3)n2n1. The molecular weight excluding hydrogens is 328 g/mol. The molecule has 0 spiro atoms. The first-order chi connectivity index (χ1) is 12.7. The molecule has 1 saturated heterocycles. The van der Waals surface area contributed by atoms with Crippen LogP contribution in [0.5, 0.6) is 0 Å². The van der Waals surface area contributed by atoms with Crippen LogP contribution < -0.4 is 9.80 Å². The molecule has 0 amide bonds. The van der Waals surface area contributed by atoms with Crippen LogP contribution in [0.1, 0.15) is 30.1 Å². The van der Waals surface area contributed by atoms with Crippen molar-refractivity contribution in [1.29, 1.82) is 5.26 Å². The van der Waals surface area contributed by atoms with Gasteiger partial charge in [0.1, 0.15) is 17.7 Å². The third-order valence-corrected chi connectivity index (χ3v) is 4.79. The molecule has 0 atom stereocenters. The zero-order valence-electron chi connectivity index (χ0n) is 14.9. The highest BCUT2D eigenvalue weighted by atomic mass is 15.4. The number of nitriles is 1. The predicted molar refractivity (Wildman–Crippen MR) is 98.2 cm³/mol. The Bertz CT molecular complexity index is 945. The second kappa shape index (κ2) is 6.59. The maximum atomic E-state index is 8.89. The Labute approximate surface area is 151 Å². The summed E-state index contributed by atoms with van der Waals surface area (Å²) in [5, 5.41) is 22.2. The number of piperidine rings is 1. The van der Waals surface area contributed by atoms with Gasteiger partial charge in [0, 0.05) is 39.3 Å². The van der Waals surface area contributed by atoms with Crippen molar-refractivity contribution in [2.24, 2.45) is 0 Å². The minimum atomic E-state index is 0.324. The minimum Gasteiger partial charge on any atom is -0.361 e. The number of hydrogen-bond donors (Lipinski definition) is 0. The lowest BCUT2D eigenvalue weighted by molar-refractivity contribution is 0.475. The molecule has 0 aliphatic carbocycles. The van der Waals surface area contributed by atoms with E-state index in [0.29, 0.717) is 11.5 Å². The molecule has 26 heavy (non-hydrogen) atoms. The predicted octanol–water partition coefficient (Wildman–Crippen LogP) is 1.84. The van der Waals surface area contributed by atoms with Crippen molar-refractivity contribution in [2.75, 3.05) is 37.0 Å². The summed E-state index contributed by atoms with van der Waals surface area (Å²) in [6.07, 6.45) is 3.56. The summed E-state index contributed by atoms with van der Waals surface area (Å²) < 4.78 is 1.87. The minimum absolute atomic E-state index is 0.324. The van der Waals surface area contributed by atoms with Gasteiger partial charge in [0.15, 0.2) is 11.5 Å². The third-order valence-electron chi connectivity index (χ3n) is 4.79. The quantitative estimate of drug-likeness (QED) is 0.714.